The summed E-state index contributed by atoms with van der Waals surface area (Å²) in [5, 5.41) is 6.26. The zero-order valence-electron chi connectivity index (χ0n) is 13.4. The van der Waals surface area contributed by atoms with Crippen LogP contribution in [0.3, 0.4) is 0 Å². The van der Waals surface area contributed by atoms with E-state index in [4.69, 9.17) is 0 Å². The standard InChI is InChI=1S/C17H28N2O/c1-6-15(19-16(20)13(2)12-18-5)17(3,4)14-10-8-7-9-11-14/h7-11,13,15,18H,6,12H2,1-5H3,(H,19,20). The van der Waals surface area contributed by atoms with Crippen LogP contribution >= 0.6 is 0 Å². The Balaban J connectivity index is 2.82. The second-order valence-corrected chi connectivity index (χ2v) is 6.02. The van der Waals surface area contributed by atoms with Gasteiger partial charge in [-0.1, -0.05) is 58.0 Å². The maximum Gasteiger partial charge on any atom is 0.224 e. The average Bonchev–Trinajstić information content (AvgIpc) is 2.45. The van der Waals surface area contributed by atoms with Crippen molar-refractivity contribution in [2.75, 3.05) is 13.6 Å². The van der Waals surface area contributed by atoms with Crippen molar-refractivity contribution in [2.45, 2.75) is 45.6 Å². The lowest BCUT2D eigenvalue weighted by atomic mass is 9.76. The molecular weight excluding hydrogens is 248 g/mol. The van der Waals surface area contributed by atoms with Crippen LogP contribution in [0.4, 0.5) is 0 Å². The zero-order chi connectivity index (χ0) is 15.2. The summed E-state index contributed by atoms with van der Waals surface area (Å²) in [6.45, 7) is 9.17. The molecule has 2 N–H and O–H groups in total. The van der Waals surface area contributed by atoms with Gasteiger partial charge in [0.05, 0.1) is 0 Å². The molecule has 20 heavy (non-hydrogen) atoms. The van der Waals surface area contributed by atoms with Crippen molar-refractivity contribution >= 4 is 5.91 Å². The molecular formula is C17H28N2O. The molecule has 3 heteroatoms. The highest BCUT2D eigenvalue weighted by molar-refractivity contribution is 5.79. The van der Waals surface area contributed by atoms with Gasteiger partial charge in [-0.2, -0.15) is 0 Å². The molecule has 0 radical (unpaired) electrons. The third kappa shape index (κ3) is 4.07. The maximum atomic E-state index is 12.2. The fourth-order valence-electron chi connectivity index (χ4n) is 2.57. The fraction of sp³-hybridized carbons (Fsp3) is 0.588. The Hall–Kier alpha value is -1.35. The van der Waals surface area contributed by atoms with E-state index >= 15 is 0 Å². The van der Waals surface area contributed by atoms with Gasteiger partial charge in [0.1, 0.15) is 0 Å². The molecule has 0 bridgehead atoms. The molecule has 0 aromatic heterocycles. The molecule has 0 fully saturated rings. The molecule has 0 spiro atoms. The quantitative estimate of drug-likeness (QED) is 0.804. The van der Waals surface area contributed by atoms with Gasteiger partial charge in [0, 0.05) is 23.9 Å². The molecule has 0 saturated heterocycles. The normalized spacial score (nSPS) is 14.7. The van der Waals surface area contributed by atoms with Gasteiger partial charge in [-0.25, -0.2) is 0 Å². The third-order valence-corrected chi connectivity index (χ3v) is 4.07. The van der Waals surface area contributed by atoms with Gasteiger partial charge < -0.3 is 10.6 Å². The molecule has 1 amide bonds. The number of benzene rings is 1. The topological polar surface area (TPSA) is 41.1 Å². The Labute approximate surface area is 123 Å². The van der Waals surface area contributed by atoms with Crippen LogP contribution in [0.5, 0.6) is 0 Å². The molecule has 3 nitrogen and oxygen atoms in total. The minimum atomic E-state index is -0.0783. The Morgan fingerprint density at radius 2 is 1.85 bits per heavy atom. The summed E-state index contributed by atoms with van der Waals surface area (Å²) < 4.78 is 0. The van der Waals surface area contributed by atoms with E-state index < -0.39 is 0 Å². The first-order chi connectivity index (χ1) is 9.43. The van der Waals surface area contributed by atoms with Gasteiger partial charge in [-0.05, 0) is 19.0 Å². The number of rotatable bonds is 7. The maximum absolute atomic E-state index is 12.2. The summed E-state index contributed by atoms with van der Waals surface area (Å²) in [5.41, 5.74) is 1.18. The molecule has 1 aromatic rings. The highest BCUT2D eigenvalue weighted by Gasteiger charge is 2.31. The molecule has 0 heterocycles. The van der Waals surface area contributed by atoms with Gasteiger partial charge in [0.15, 0.2) is 0 Å². The molecule has 0 aliphatic carbocycles. The lowest BCUT2D eigenvalue weighted by Gasteiger charge is -2.35. The molecule has 0 saturated carbocycles. The summed E-state index contributed by atoms with van der Waals surface area (Å²) in [6, 6.07) is 10.5. The molecule has 0 aliphatic heterocycles. The monoisotopic (exact) mass is 276 g/mol. The number of hydrogen-bond donors (Lipinski definition) is 2. The van der Waals surface area contributed by atoms with Crippen molar-refractivity contribution in [3.8, 4) is 0 Å². The van der Waals surface area contributed by atoms with Gasteiger partial charge in [0.2, 0.25) is 5.91 Å². The van der Waals surface area contributed by atoms with Crippen LogP contribution in [0, 0.1) is 5.92 Å². The van der Waals surface area contributed by atoms with E-state index in [-0.39, 0.29) is 23.3 Å². The smallest absolute Gasteiger partial charge is 0.224 e. The van der Waals surface area contributed by atoms with Crippen molar-refractivity contribution in [2.24, 2.45) is 5.92 Å². The second kappa shape index (κ2) is 7.44. The summed E-state index contributed by atoms with van der Waals surface area (Å²) in [7, 11) is 1.87. The van der Waals surface area contributed by atoms with Crippen LogP contribution in [0.1, 0.15) is 39.7 Å². The van der Waals surface area contributed by atoms with E-state index in [0.717, 1.165) is 6.42 Å². The Morgan fingerprint density at radius 1 is 1.25 bits per heavy atom. The van der Waals surface area contributed by atoms with Crippen LogP contribution in [0.2, 0.25) is 0 Å². The molecule has 0 aliphatic rings. The van der Waals surface area contributed by atoms with Crippen LogP contribution in [-0.4, -0.2) is 25.5 Å². The Kier molecular flexibility index (Phi) is 6.21. The van der Waals surface area contributed by atoms with Crippen LogP contribution in [0.15, 0.2) is 30.3 Å². The van der Waals surface area contributed by atoms with E-state index in [1.54, 1.807) is 0 Å². The molecule has 2 unspecified atom stereocenters. The first-order valence-corrected chi connectivity index (χ1v) is 7.44. The van der Waals surface area contributed by atoms with E-state index in [2.05, 4.69) is 55.7 Å². The third-order valence-electron chi connectivity index (χ3n) is 4.07. The van der Waals surface area contributed by atoms with Crippen molar-refractivity contribution in [3.05, 3.63) is 35.9 Å². The minimum Gasteiger partial charge on any atom is -0.352 e. The van der Waals surface area contributed by atoms with Crippen molar-refractivity contribution in [1.29, 1.82) is 0 Å². The van der Waals surface area contributed by atoms with Crippen molar-refractivity contribution < 1.29 is 4.79 Å². The Bertz CT molecular complexity index is 414. The van der Waals surface area contributed by atoms with Crippen molar-refractivity contribution in [1.82, 2.24) is 10.6 Å². The average molecular weight is 276 g/mol. The van der Waals surface area contributed by atoms with E-state index in [1.807, 2.05) is 20.0 Å². The predicted octanol–water partition coefficient (Wildman–Crippen LogP) is 2.71. The van der Waals surface area contributed by atoms with Crippen molar-refractivity contribution in [3.63, 3.8) is 0 Å². The summed E-state index contributed by atoms with van der Waals surface area (Å²) in [6.07, 6.45) is 0.917. The SMILES string of the molecule is CCC(NC(=O)C(C)CNC)C(C)(C)c1ccccc1. The number of nitrogens with one attached hydrogen (secondary N) is 2. The number of amides is 1. The zero-order valence-corrected chi connectivity index (χ0v) is 13.4. The van der Waals surface area contributed by atoms with E-state index in [9.17, 15) is 4.79 Å². The lowest BCUT2D eigenvalue weighted by Crippen LogP contribution is -2.49. The number of carbonyl (C=O) groups excluding carboxylic acids is 1. The van der Waals surface area contributed by atoms with Crippen LogP contribution in [0.25, 0.3) is 0 Å². The largest absolute Gasteiger partial charge is 0.352 e. The first-order valence-electron chi connectivity index (χ1n) is 7.44. The number of hydrogen-bond acceptors (Lipinski definition) is 2. The van der Waals surface area contributed by atoms with Gasteiger partial charge in [-0.15, -0.1) is 0 Å². The van der Waals surface area contributed by atoms with Crippen LogP contribution in [-0.2, 0) is 10.2 Å². The first kappa shape index (κ1) is 16.7. The van der Waals surface area contributed by atoms with E-state index in [1.165, 1.54) is 5.56 Å². The number of carbonyl (C=O) groups is 1. The predicted molar refractivity (Wildman–Crippen MR) is 84.8 cm³/mol. The molecule has 2 atom stereocenters. The highest BCUT2D eigenvalue weighted by atomic mass is 16.1. The van der Waals surface area contributed by atoms with Gasteiger partial charge in [-0.3, -0.25) is 4.79 Å². The van der Waals surface area contributed by atoms with Gasteiger partial charge in [0.25, 0.3) is 0 Å². The highest BCUT2D eigenvalue weighted by Crippen LogP contribution is 2.28. The summed E-state index contributed by atoms with van der Waals surface area (Å²) in [5.74, 6) is 0.107. The lowest BCUT2D eigenvalue weighted by molar-refractivity contribution is -0.125. The molecule has 1 rings (SSSR count). The summed E-state index contributed by atoms with van der Waals surface area (Å²) >= 11 is 0. The van der Waals surface area contributed by atoms with E-state index in [0.29, 0.717) is 6.54 Å². The molecule has 112 valence electrons. The Morgan fingerprint density at radius 3 is 2.35 bits per heavy atom. The summed E-state index contributed by atoms with van der Waals surface area (Å²) in [4.78, 5) is 12.2. The fourth-order valence-corrected chi connectivity index (χ4v) is 2.57. The second-order valence-electron chi connectivity index (χ2n) is 6.02. The van der Waals surface area contributed by atoms with Crippen LogP contribution < -0.4 is 10.6 Å². The minimum absolute atomic E-state index is 0.0133. The van der Waals surface area contributed by atoms with Gasteiger partial charge >= 0.3 is 0 Å². The molecule has 1 aromatic carbocycles.